The predicted octanol–water partition coefficient (Wildman–Crippen LogP) is 4.95. The van der Waals surface area contributed by atoms with Crippen molar-refractivity contribution >= 4 is 0 Å². The quantitative estimate of drug-likeness (QED) is 0.507. The van der Waals surface area contributed by atoms with E-state index in [4.69, 9.17) is 4.74 Å². The molecular weight excluding hydrogens is 220 g/mol. The molecule has 0 N–H and O–H groups in total. The van der Waals surface area contributed by atoms with E-state index in [0.29, 0.717) is 10.8 Å². The molecule has 0 bridgehead atoms. The van der Waals surface area contributed by atoms with Crippen LogP contribution in [0.3, 0.4) is 0 Å². The molecule has 2 fully saturated rings. The Bertz CT molecular complexity index is 394. The SMILES string of the molecule is CO/C=C/C1(C2=CCC3[C@@H](C)CCC[C@]23C)CC1.[HH]. The van der Waals surface area contributed by atoms with Crippen LogP contribution in [0.5, 0.6) is 0 Å². The van der Waals surface area contributed by atoms with Crippen molar-refractivity contribution in [2.45, 2.75) is 52.4 Å². The van der Waals surface area contributed by atoms with Crippen LogP contribution in [0.4, 0.5) is 0 Å². The third kappa shape index (κ3) is 1.66. The van der Waals surface area contributed by atoms with Crippen LogP contribution in [0, 0.1) is 22.7 Å². The van der Waals surface area contributed by atoms with Crippen molar-refractivity contribution in [2.75, 3.05) is 7.11 Å². The smallest absolute Gasteiger partial charge is 0.0793 e. The maximum Gasteiger partial charge on any atom is 0.0793 e. The summed E-state index contributed by atoms with van der Waals surface area (Å²) < 4.78 is 5.16. The van der Waals surface area contributed by atoms with Crippen molar-refractivity contribution < 1.29 is 6.16 Å². The molecule has 0 radical (unpaired) electrons. The molecule has 0 aliphatic heterocycles. The number of rotatable bonds is 3. The summed E-state index contributed by atoms with van der Waals surface area (Å²) >= 11 is 0. The summed E-state index contributed by atoms with van der Waals surface area (Å²) in [5.74, 6) is 1.80. The monoisotopic (exact) mass is 248 g/mol. The highest BCUT2D eigenvalue weighted by Gasteiger charge is 2.56. The summed E-state index contributed by atoms with van der Waals surface area (Å²) in [5.41, 5.74) is 2.60. The highest BCUT2D eigenvalue weighted by atomic mass is 16.5. The Labute approximate surface area is 113 Å². The van der Waals surface area contributed by atoms with Gasteiger partial charge in [0, 0.05) is 6.84 Å². The van der Waals surface area contributed by atoms with Gasteiger partial charge in [-0.05, 0) is 49.0 Å². The summed E-state index contributed by atoms with van der Waals surface area (Å²) in [4.78, 5) is 0. The fourth-order valence-corrected chi connectivity index (χ4v) is 4.74. The topological polar surface area (TPSA) is 9.23 Å². The van der Waals surface area contributed by atoms with Crippen molar-refractivity contribution in [2.24, 2.45) is 22.7 Å². The minimum atomic E-state index is 0. The molecule has 0 amide bonds. The number of hydrogen-bond donors (Lipinski definition) is 0. The second kappa shape index (κ2) is 4.15. The normalized spacial score (nSPS) is 41.6. The van der Waals surface area contributed by atoms with E-state index in [-0.39, 0.29) is 1.43 Å². The van der Waals surface area contributed by atoms with E-state index in [1.165, 1.54) is 38.5 Å². The van der Waals surface area contributed by atoms with Gasteiger partial charge in [0.2, 0.25) is 0 Å². The van der Waals surface area contributed by atoms with Crippen LogP contribution in [-0.2, 0) is 4.74 Å². The third-order valence-corrected chi connectivity index (χ3v) is 5.90. The van der Waals surface area contributed by atoms with E-state index in [1.807, 2.05) is 6.26 Å². The Morgan fingerprint density at radius 2 is 2.17 bits per heavy atom. The zero-order valence-corrected chi connectivity index (χ0v) is 12.0. The standard InChI is InChI=1S/C17H26O.H2/c1-13-5-4-8-16(2)14(13)6-7-15(16)17(9-10-17)11-12-18-3;/h7,11-14H,4-6,8-10H2,1-3H3;1H/b12-11+;/t13-,14?,16-;/m0./s1. The second-order valence-electron chi connectivity index (χ2n) is 6.94. The minimum Gasteiger partial charge on any atom is -0.505 e. The molecule has 0 spiro atoms. The Balaban J connectivity index is 0.00000133. The van der Waals surface area contributed by atoms with Gasteiger partial charge in [-0.15, -0.1) is 0 Å². The number of fused-ring (bicyclic) bond motifs is 1. The lowest BCUT2D eigenvalue weighted by atomic mass is 9.60. The minimum absolute atomic E-state index is 0. The van der Waals surface area contributed by atoms with E-state index in [2.05, 4.69) is 26.0 Å². The number of ether oxygens (including phenoxy) is 1. The Morgan fingerprint density at radius 3 is 2.83 bits per heavy atom. The van der Waals surface area contributed by atoms with Crippen LogP contribution < -0.4 is 0 Å². The first-order valence-electron chi connectivity index (χ1n) is 7.54. The van der Waals surface area contributed by atoms with Crippen LogP contribution in [-0.4, -0.2) is 7.11 Å². The average molecular weight is 248 g/mol. The van der Waals surface area contributed by atoms with E-state index in [1.54, 1.807) is 12.7 Å². The lowest BCUT2D eigenvalue weighted by Crippen LogP contribution is -2.36. The molecule has 3 aliphatic carbocycles. The largest absolute Gasteiger partial charge is 0.505 e. The van der Waals surface area contributed by atoms with Gasteiger partial charge in [-0.25, -0.2) is 0 Å². The zero-order chi connectivity index (χ0) is 12.8. The van der Waals surface area contributed by atoms with Gasteiger partial charge < -0.3 is 4.74 Å². The fraction of sp³-hybridized carbons (Fsp3) is 0.765. The molecule has 0 heterocycles. The van der Waals surface area contributed by atoms with Gasteiger partial charge in [-0.2, -0.15) is 0 Å². The predicted molar refractivity (Wildman–Crippen MR) is 77.2 cm³/mol. The van der Waals surface area contributed by atoms with Crippen molar-refractivity contribution in [3.05, 3.63) is 24.0 Å². The Kier molecular flexibility index (Phi) is 2.84. The van der Waals surface area contributed by atoms with Gasteiger partial charge in [-0.3, -0.25) is 0 Å². The van der Waals surface area contributed by atoms with Crippen molar-refractivity contribution in [3.63, 3.8) is 0 Å². The van der Waals surface area contributed by atoms with E-state index in [0.717, 1.165) is 11.8 Å². The number of hydrogen-bond acceptors (Lipinski definition) is 1. The zero-order valence-electron chi connectivity index (χ0n) is 12.0. The van der Waals surface area contributed by atoms with Gasteiger partial charge in [0.05, 0.1) is 13.4 Å². The molecule has 0 aromatic carbocycles. The van der Waals surface area contributed by atoms with Gasteiger partial charge in [-0.1, -0.05) is 38.3 Å². The van der Waals surface area contributed by atoms with Crippen LogP contribution in [0.25, 0.3) is 0 Å². The molecule has 0 aromatic heterocycles. The molecule has 1 nitrogen and oxygen atoms in total. The van der Waals surface area contributed by atoms with Crippen molar-refractivity contribution in [3.8, 4) is 0 Å². The van der Waals surface area contributed by atoms with Crippen LogP contribution in [0.1, 0.15) is 53.8 Å². The first-order chi connectivity index (χ1) is 8.62. The van der Waals surface area contributed by atoms with Crippen LogP contribution in [0.2, 0.25) is 0 Å². The molecule has 2 saturated carbocycles. The summed E-state index contributed by atoms with van der Waals surface area (Å²) in [7, 11) is 1.75. The molecule has 3 aliphatic rings. The summed E-state index contributed by atoms with van der Waals surface area (Å²) in [5, 5.41) is 0. The molecule has 18 heavy (non-hydrogen) atoms. The van der Waals surface area contributed by atoms with Crippen molar-refractivity contribution in [1.29, 1.82) is 0 Å². The summed E-state index contributed by atoms with van der Waals surface area (Å²) in [6, 6.07) is 0. The fourth-order valence-electron chi connectivity index (χ4n) is 4.74. The summed E-state index contributed by atoms with van der Waals surface area (Å²) in [6.45, 7) is 5.00. The van der Waals surface area contributed by atoms with E-state index >= 15 is 0 Å². The van der Waals surface area contributed by atoms with E-state index in [9.17, 15) is 0 Å². The first kappa shape index (κ1) is 12.3. The Morgan fingerprint density at radius 1 is 1.39 bits per heavy atom. The maximum atomic E-state index is 5.16. The molecule has 3 atom stereocenters. The highest BCUT2D eigenvalue weighted by Crippen LogP contribution is 2.66. The molecule has 0 saturated heterocycles. The average Bonchev–Trinajstić information content (AvgIpc) is 3.03. The molecule has 1 unspecified atom stereocenters. The number of allylic oxidation sites excluding steroid dienone is 3. The molecule has 0 aromatic rings. The molecule has 102 valence electrons. The first-order valence-corrected chi connectivity index (χ1v) is 7.54. The van der Waals surface area contributed by atoms with Crippen molar-refractivity contribution in [1.82, 2.24) is 0 Å². The van der Waals surface area contributed by atoms with Gasteiger partial charge in [0.25, 0.3) is 0 Å². The van der Waals surface area contributed by atoms with Gasteiger partial charge >= 0.3 is 0 Å². The summed E-state index contributed by atoms with van der Waals surface area (Å²) in [6.07, 6.45) is 15.0. The van der Waals surface area contributed by atoms with Gasteiger partial charge in [0.15, 0.2) is 0 Å². The highest BCUT2D eigenvalue weighted by molar-refractivity contribution is 5.38. The van der Waals surface area contributed by atoms with Gasteiger partial charge in [0.1, 0.15) is 0 Å². The third-order valence-electron chi connectivity index (χ3n) is 5.90. The Hall–Kier alpha value is -0.720. The van der Waals surface area contributed by atoms with E-state index < -0.39 is 0 Å². The molecular formula is C17H28O. The molecule has 1 heteroatoms. The van der Waals surface area contributed by atoms with Crippen LogP contribution in [0.15, 0.2) is 24.0 Å². The molecule has 3 rings (SSSR count). The number of methoxy groups -OCH3 is 1. The lowest BCUT2D eigenvalue weighted by Gasteiger charge is -2.44. The maximum absolute atomic E-state index is 5.16. The lowest BCUT2D eigenvalue weighted by molar-refractivity contribution is 0.111. The second-order valence-corrected chi connectivity index (χ2v) is 6.94. The van der Waals surface area contributed by atoms with Crippen LogP contribution >= 0.6 is 0 Å².